The lowest BCUT2D eigenvalue weighted by molar-refractivity contribution is 0.490. The van der Waals surface area contributed by atoms with Crippen LogP contribution in [0.3, 0.4) is 0 Å². The number of nitrogens with one attached hydrogen (secondary N) is 1. The topological polar surface area (TPSA) is 29.9 Å². The molecule has 3 nitrogen and oxygen atoms in total. The summed E-state index contributed by atoms with van der Waals surface area (Å²) in [6, 6.07) is 3.39. The third kappa shape index (κ3) is 3.17. The van der Waals surface area contributed by atoms with Crippen LogP contribution in [0.1, 0.15) is 24.4 Å². The van der Waals surface area contributed by atoms with Crippen LogP contribution >= 0.6 is 0 Å². The van der Waals surface area contributed by atoms with Crippen LogP contribution in [-0.2, 0) is 13.5 Å². The largest absolute Gasteiger partial charge is 0.337 e. The average molecular weight is 265 g/mol. The molecule has 0 saturated heterocycles. The van der Waals surface area contributed by atoms with Crippen molar-refractivity contribution in [2.24, 2.45) is 7.05 Å². The molecule has 0 amide bonds. The average Bonchev–Trinajstić information content (AvgIpc) is 2.79. The molecule has 1 aromatic heterocycles. The highest BCUT2D eigenvalue weighted by Gasteiger charge is 2.17. The van der Waals surface area contributed by atoms with E-state index in [1.54, 1.807) is 6.20 Å². The number of likely N-dealkylation sites (N-methyl/N-ethyl adjacent to an activating group) is 1. The van der Waals surface area contributed by atoms with Gasteiger partial charge >= 0.3 is 0 Å². The highest BCUT2D eigenvalue weighted by atomic mass is 19.1. The summed E-state index contributed by atoms with van der Waals surface area (Å²) in [5.74, 6) is -0.00416. The summed E-state index contributed by atoms with van der Waals surface area (Å²) < 4.78 is 28.8. The zero-order valence-corrected chi connectivity index (χ0v) is 11.0. The highest BCUT2D eigenvalue weighted by Crippen LogP contribution is 2.19. The minimum Gasteiger partial charge on any atom is -0.337 e. The van der Waals surface area contributed by atoms with Crippen LogP contribution < -0.4 is 5.32 Å². The lowest BCUT2D eigenvalue weighted by atomic mass is 10.0. The van der Waals surface area contributed by atoms with Gasteiger partial charge in [-0.2, -0.15) is 0 Å². The Labute approximate surface area is 111 Å². The Kier molecular flexibility index (Phi) is 4.27. The van der Waals surface area contributed by atoms with Gasteiger partial charge in [0.1, 0.15) is 17.5 Å². The van der Waals surface area contributed by atoms with Gasteiger partial charge in [-0.1, -0.05) is 6.92 Å². The van der Waals surface area contributed by atoms with E-state index in [0.29, 0.717) is 12.0 Å². The molecule has 0 saturated carbocycles. The van der Waals surface area contributed by atoms with E-state index in [2.05, 4.69) is 10.3 Å². The van der Waals surface area contributed by atoms with E-state index in [1.807, 2.05) is 24.7 Å². The number of benzene rings is 1. The third-order valence-electron chi connectivity index (χ3n) is 3.05. The fourth-order valence-corrected chi connectivity index (χ4v) is 2.13. The molecule has 0 bridgehead atoms. The van der Waals surface area contributed by atoms with Gasteiger partial charge in [-0.25, -0.2) is 13.8 Å². The van der Waals surface area contributed by atoms with Gasteiger partial charge < -0.3 is 9.88 Å². The Morgan fingerprint density at radius 1 is 1.37 bits per heavy atom. The molecule has 0 fully saturated rings. The van der Waals surface area contributed by atoms with Gasteiger partial charge in [-0.3, -0.25) is 0 Å². The molecular weight excluding hydrogens is 248 g/mol. The molecule has 2 rings (SSSR count). The molecule has 1 aromatic carbocycles. The predicted molar refractivity (Wildman–Crippen MR) is 69.7 cm³/mol. The lowest BCUT2D eigenvalue weighted by Crippen LogP contribution is -2.26. The van der Waals surface area contributed by atoms with Gasteiger partial charge in [0.15, 0.2) is 0 Å². The van der Waals surface area contributed by atoms with Gasteiger partial charge in [0.25, 0.3) is 0 Å². The van der Waals surface area contributed by atoms with Gasteiger partial charge in [0.2, 0.25) is 0 Å². The summed E-state index contributed by atoms with van der Waals surface area (Å²) in [5, 5.41) is 3.25. The number of rotatable bonds is 5. The first-order valence-corrected chi connectivity index (χ1v) is 6.26. The molecule has 1 atom stereocenters. The number of nitrogens with zero attached hydrogens (tertiary/aromatic N) is 2. The first kappa shape index (κ1) is 13.7. The summed E-state index contributed by atoms with van der Waals surface area (Å²) >= 11 is 0. The molecule has 5 heteroatoms. The molecule has 0 aliphatic rings. The Morgan fingerprint density at radius 3 is 2.79 bits per heavy atom. The quantitative estimate of drug-likeness (QED) is 0.900. The maximum atomic E-state index is 13.7. The monoisotopic (exact) mass is 265 g/mol. The van der Waals surface area contributed by atoms with Crippen molar-refractivity contribution >= 4 is 0 Å². The van der Waals surface area contributed by atoms with Crippen LogP contribution in [0.25, 0.3) is 0 Å². The zero-order chi connectivity index (χ0) is 13.8. The number of aryl methyl sites for hydroxylation is 1. The molecule has 1 N–H and O–H groups in total. The first-order chi connectivity index (χ1) is 9.11. The van der Waals surface area contributed by atoms with E-state index in [1.165, 1.54) is 6.07 Å². The summed E-state index contributed by atoms with van der Waals surface area (Å²) in [4.78, 5) is 4.27. The van der Waals surface area contributed by atoms with Crippen molar-refractivity contribution in [3.63, 3.8) is 0 Å². The van der Waals surface area contributed by atoms with Crippen LogP contribution in [0, 0.1) is 11.6 Å². The molecule has 1 heterocycles. The molecule has 0 spiro atoms. The first-order valence-electron chi connectivity index (χ1n) is 6.26. The van der Waals surface area contributed by atoms with Gasteiger partial charge in [-0.15, -0.1) is 0 Å². The maximum absolute atomic E-state index is 13.7. The zero-order valence-electron chi connectivity index (χ0n) is 11.0. The Morgan fingerprint density at radius 2 is 2.16 bits per heavy atom. The van der Waals surface area contributed by atoms with E-state index in [-0.39, 0.29) is 6.04 Å². The summed E-state index contributed by atoms with van der Waals surface area (Å²) in [6.45, 7) is 2.70. The van der Waals surface area contributed by atoms with Crippen molar-refractivity contribution in [2.75, 3.05) is 6.54 Å². The number of hydrogen-bond donors (Lipinski definition) is 1. The summed E-state index contributed by atoms with van der Waals surface area (Å²) in [7, 11) is 1.88. The second-order valence-electron chi connectivity index (χ2n) is 4.45. The molecule has 102 valence electrons. The van der Waals surface area contributed by atoms with Crippen molar-refractivity contribution < 1.29 is 8.78 Å². The Bertz CT molecular complexity index is 551. The summed E-state index contributed by atoms with van der Waals surface area (Å²) in [6.07, 6.45) is 3.89. The Balaban J connectivity index is 2.26. The van der Waals surface area contributed by atoms with Crippen LogP contribution in [-0.4, -0.2) is 16.1 Å². The van der Waals surface area contributed by atoms with Crippen LogP contribution in [0.2, 0.25) is 0 Å². The number of imidazole rings is 1. The maximum Gasteiger partial charge on any atom is 0.126 e. The molecule has 0 aliphatic heterocycles. The molecule has 2 aromatic rings. The van der Waals surface area contributed by atoms with E-state index < -0.39 is 11.6 Å². The minimum atomic E-state index is -0.425. The SMILES string of the molecule is CCNC(Cc1cc(F)ccc1F)c1nccn1C. The molecule has 0 radical (unpaired) electrons. The second-order valence-corrected chi connectivity index (χ2v) is 4.45. The van der Waals surface area contributed by atoms with Crippen molar-refractivity contribution in [3.05, 3.63) is 53.6 Å². The fraction of sp³-hybridized carbons (Fsp3) is 0.357. The normalized spacial score (nSPS) is 12.6. The van der Waals surface area contributed by atoms with Crippen LogP contribution in [0.15, 0.2) is 30.6 Å². The van der Waals surface area contributed by atoms with Crippen molar-refractivity contribution in [3.8, 4) is 0 Å². The van der Waals surface area contributed by atoms with E-state index >= 15 is 0 Å². The van der Waals surface area contributed by atoms with Crippen molar-refractivity contribution in [1.29, 1.82) is 0 Å². The minimum absolute atomic E-state index is 0.138. The molecule has 19 heavy (non-hydrogen) atoms. The standard InChI is InChI=1S/C14H17F2N3/c1-3-17-13(14-18-6-7-19(14)2)9-10-8-11(15)4-5-12(10)16/h4-8,13,17H,3,9H2,1-2H3. The van der Waals surface area contributed by atoms with Crippen LogP contribution in [0.5, 0.6) is 0 Å². The second kappa shape index (κ2) is 5.93. The van der Waals surface area contributed by atoms with Crippen molar-refractivity contribution in [1.82, 2.24) is 14.9 Å². The fourth-order valence-electron chi connectivity index (χ4n) is 2.13. The number of halogens is 2. The van der Waals surface area contributed by atoms with E-state index in [4.69, 9.17) is 0 Å². The highest BCUT2D eigenvalue weighted by molar-refractivity contribution is 5.21. The van der Waals surface area contributed by atoms with Crippen LogP contribution in [0.4, 0.5) is 8.78 Å². The van der Waals surface area contributed by atoms with Crippen molar-refractivity contribution in [2.45, 2.75) is 19.4 Å². The Hall–Kier alpha value is -1.75. The lowest BCUT2D eigenvalue weighted by Gasteiger charge is -2.18. The third-order valence-corrected chi connectivity index (χ3v) is 3.05. The number of aromatic nitrogens is 2. The van der Waals surface area contributed by atoms with E-state index in [0.717, 1.165) is 24.5 Å². The number of hydrogen-bond acceptors (Lipinski definition) is 2. The smallest absolute Gasteiger partial charge is 0.126 e. The van der Waals surface area contributed by atoms with Gasteiger partial charge in [-0.05, 0) is 36.7 Å². The van der Waals surface area contributed by atoms with Gasteiger partial charge in [0.05, 0.1) is 6.04 Å². The molecular formula is C14H17F2N3. The molecule has 0 aliphatic carbocycles. The summed E-state index contributed by atoms with van der Waals surface area (Å²) in [5.41, 5.74) is 0.356. The van der Waals surface area contributed by atoms with E-state index in [9.17, 15) is 8.78 Å². The predicted octanol–water partition coefficient (Wildman–Crippen LogP) is 2.59. The molecule has 1 unspecified atom stereocenters. The van der Waals surface area contributed by atoms with Gasteiger partial charge in [0, 0.05) is 19.4 Å².